The number of hydrazone groups is 1. The van der Waals surface area contributed by atoms with E-state index in [0.29, 0.717) is 6.42 Å². The van der Waals surface area contributed by atoms with Crippen molar-refractivity contribution < 1.29 is 4.79 Å². The van der Waals surface area contributed by atoms with E-state index in [2.05, 4.69) is 27.8 Å². The molecule has 1 aromatic heterocycles. The molecule has 0 aliphatic carbocycles. The zero-order chi connectivity index (χ0) is 19.4. The SMILES string of the molecule is CC/C(C)=N\Nc1nc2cc(C)c(NC(=O)Cc3ccccc3)c(C)c2s1. The van der Waals surface area contributed by atoms with Gasteiger partial charge in [-0.2, -0.15) is 5.10 Å². The summed E-state index contributed by atoms with van der Waals surface area (Å²) < 4.78 is 1.06. The van der Waals surface area contributed by atoms with Crippen LogP contribution in [0.3, 0.4) is 0 Å². The van der Waals surface area contributed by atoms with E-state index in [0.717, 1.165) is 49.9 Å². The van der Waals surface area contributed by atoms with Gasteiger partial charge in [0.2, 0.25) is 11.0 Å². The number of carbonyl (C=O) groups is 1. The van der Waals surface area contributed by atoms with Crippen molar-refractivity contribution in [1.29, 1.82) is 0 Å². The van der Waals surface area contributed by atoms with Crippen LogP contribution in [0.5, 0.6) is 0 Å². The Balaban J connectivity index is 1.84. The molecule has 140 valence electrons. The second kappa shape index (κ2) is 8.31. The summed E-state index contributed by atoms with van der Waals surface area (Å²) in [5.41, 5.74) is 8.88. The Labute approximate surface area is 163 Å². The largest absolute Gasteiger partial charge is 0.325 e. The quantitative estimate of drug-likeness (QED) is 0.451. The number of amides is 1. The summed E-state index contributed by atoms with van der Waals surface area (Å²) in [7, 11) is 0. The van der Waals surface area contributed by atoms with E-state index < -0.39 is 0 Å². The van der Waals surface area contributed by atoms with Crippen LogP contribution in [0, 0.1) is 13.8 Å². The average molecular weight is 381 g/mol. The molecule has 2 aromatic carbocycles. The first-order valence-electron chi connectivity index (χ1n) is 9.01. The third-order valence-electron chi connectivity index (χ3n) is 4.44. The van der Waals surface area contributed by atoms with Crippen molar-refractivity contribution in [3.05, 3.63) is 53.1 Å². The molecule has 0 radical (unpaired) electrons. The molecule has 0 fully saturated rings. The van der Waals surface area contributed by atoms with Crippen molar-refractivity contribution in [3.63, 3.8) is 0 Å². The smallest absolute Gasteiger partial charge is 0.228 e. The molecule has 3 aromatic rings. The predicted octanol–water partition coefficient (Wildman–Crippen LogP) is 5.29. The van der Waals surface area contributed by atoms with Crippen molar-refractivity contribution in [2.24, 2.45) is 5.10 Å². The molecule has 0 spiro atoms. The molecular weight excluding hydrogens is 356 g/mol. The van der Waals surface area contributed by atoms with Gasteiger partial charge in [-0.05, 0) is 49.9 Å². The summed E-state index contributed by atoms with van der Waals surface area (Å²) in [4.78, 5) is 17.1. The van der Waals surface area contributed by atoms with E-state index >= 15 is 0 Å². The minimum absolute atomic E-state index is 0.0159. The van der Waals surface area contributed by atoms with Crippen LogP contribution in [0.25, 0.3) is 10.2 Å². The molecule has 0 unspecified atom stereocenters. The molecule has 3 rings (SSSR count). The van der Waals surface area contributed by atoms with Gasteiger partial charge in [0.1, 0.15) is 0 Å². The molecule has 0 saturated carbocycles. The Morgan fingerprint density at radius 1 is 1.22 bits per heavy atom. The van der Waals surface area contributed by atoms with E-state index in [9.17, 15) is 4.79 Å². The maximum absolute atomic E-state index is 12.5. The summed E-state index contributed by atoms with van der Waals surface area (Å²) >= 11 is 1.55. The lowest BCUT2D eigenvalue weighted by molar-refractivity contribution is -0.115. The zero-order valence-electron chi connectivity index (χ0n) is 16.1. The molecule has 0 saturated heterocycles. The molecule has 1 heterocycles. The van der Waals surface area contributed by atoms with Gasteiger partial charge in [-0.1, -0.05) is 48.6 Å². The lowest BCUT2D eigenvalue weighted by atomic mass is 10.1. The molecule has 0 aliphatic heterocycles. The fourth-order valence-corrected chi connectivity index (χ4v) is 3.71. The Bertz CT molecular complexity index is 992. The number of fused-ring (bicyclic) bond motifs is 1. The number of rotatable bonds is 6. The highest BCUT2D eigenvalue weighted by Crippen LogP contribution is 2.35. The number of nitrogens with one attached hydrogen (secondary N) is 2. The molecule has 5 nitrogen and oxygen atoms in total. The van der Waals surface area contributed by atoms with Crippen LogP contribution in [0.4, 0.5) is 10.8 Å². The number of hydrogen-bond donors (Lipinski definition) is 2. The van der Waals surface area contributed by atoms with Gasteiger partial charge in [-0.15, -0.1) is 0 Å². The molecule has 0 atom stereocenters. The highest BCUT2D eigenvalue weighted by Gasteiger charge is 2.14. The first-order chi connectivity index (χ1) is 13.0. The summed E-state index contributed by atoms with van der Waals surface area (Å²) in [6.07, 6.45) is 1.26. The minimum Gasteiger partial charge on any atom is -0.325 e. The van der Waals surface area contributed by atoms with Gasteiger partial charge in [0.05, 0.1) is 16.6 Å². The second-order valence-corrected chi connectivity index (χ2v) is 7.58. The maximum atomic E-state index is 12.5. The van der Waals surface area contributed by atoms with Gasteiger partial charge in [0.25, 0.3) is 0 Å². The van der Waals surface area contributed by atoms with Crippen LogP contribution in [0.2, 0.25) is 0 Å². The highest BCUT2D eigenvalue weighted by atomic mass is 32.1. The lowest BCUT2D eigenvalue weighted by Crippen LogP contribution is -2.16. The highest BCUT2D eigenvalue weighted by molar-refractivity contribution is 7.22. The standard InChI is InChI=1S/C21H24N4OS/c1-5-14(3)24-25-21-22-17-11-13(2)19(15(4)20(17)27-21)23-18(26)12-16-9-7-6-8-10-16/h6-11H,5,12H2,1-4H3,(H,22,25)(H,23,26)/b24-14-. The summed E-state index contributed by atoms with van der Waals surface area (Å²) in [5.74, 6) is -0.0159. The van der Waals surface area contributed by atoms with E-state index in [-0.39, 0.29) is 5.91 Å². The summed E-state index contributed by atoms with van der Waals surface area (Å²) in [6.45, 7) is 8.07. The van der Waals surface area contributed by atoms with E-state index in [4.69, 9.17) is 0 Å². The van der Waals surface area contributed by atoms with Gasteiger partial charge in [0.15, 0.2) is 0 Å². The van der Waals surface area contributed by atoms with E-state index in [1.807, 2.05) is 57.2 Å². The molecular formula is C21H24N4OS. The monoisotopic (exact) mass is 380 g/mol. The first-order valence-corrected chi connectivity index (χ1v) is 9.83. The molecule has 0 aliphatic rings. The molecule has 1 amide bonds. The first kappa shape index (κ1) is 19.0. The van der Waals surface area contributed by atoms with Gasteiger partial charge in [-0.25, -0.2) is 4.98 Å². The number of carbonyl (C=O) groups excluding carboxylic acids is 1. The second-order valence-electron chi connectivity index (χ2n) is 6.58. The van der Waals surface area contributed by atoms with Crippen LogP contribution in [0.1, 0.15) is 37.0 Å². The van der Waals surface area contributed by atoms with Crippen molar-refractivity contribution in [2.75, 3.05) is 10.7 Å². The topological polar surface area (TPSA) is 66.4 Å². The molecule has 0 bridgehead atoms. The predicted molar refractivity (Wildman–Crippen MR) is 115 cm³/mol. The van der Waals surface area contributed by atoms with Crippen molar-refractivity contribution >= 4 is 44.0 Å². The molecule has 6 heteroatoms. The van der Waals surface area contributed by atoms with Gasteiger partial charge in [0, 0.05) is 11.4 Å². The van der Waals surface area contributed by atoms with Gasteiger partial charge in [-0.3, -0.25) is 10.2 Å². The van der Waals surface area contributed by atoms with Crippen LogP contribution < -0.4 is 10.7 Å². The van der Waals surface area contributed by atoms with Crippen molar-refractivity contribution in [1.82, 2.24) is 4.98 Å². The fourth-order valence-electron chi connectivity index (χ4n) is 2.81. The number of anilines is 2. The number of aromatic nitrogens is 1. The van der Waals surface area contributed by atoms with Crippen LogP contribution in [-0.2, 0) is 11.2 Å². The molecule has 2 N–H and O–H groups in total. The van der Waals surface area contributed by atoms with E-state index in [1.165, 1.54) is 0 Å². The number of hydrogen-bond acceptors (Lipinski definition) is 5. The fraction of sp³-hybridized carbons (Fsp3) is 0.286. The number of aryl methyl sites for hydroxylation is 2. The normalized spacial score (nSPS) is 11.6. The molecule has 27 heavy (non-hydrogen) atoms. The maximum Gasteiger partial charge on any atom is 0.228 e. The van der Waals surface area contributed by atoms with Gasteiger partial charge >= 0.3 is 0 Å². The van der Waals surface area contributed by atoms with Crippen LogP contribution >= 0.6 is 11.3 Å². The Hall–Kier alpha value is -2.73. The number of thiazole rings is 1. The Morgan fingerprint density at radius 3 is 2.67 bits per heavy atom. The summed E-state index contributed by atoms with van der Waals surface area (Å²) in [6, 6.07) is 11.8. The average Bonchev–Trinajstić information content (AvgIpc) is 3.07. The van der Waals surface area contributed by atoms with Gasteiger partial charge < -0.3 is 5.32 Å². The van der Waals surface area contributed by atoms with E-state index in [1.54, 1.807) is 11.3 Å². The lowest BCUT2D eigenvalue weighted by Gasteiger charge is -2.12. The van der Waals surface area contributed by atoms with Crippen LogP contribution in [-0.4, -0.2) is 16.6 Å². The zero-order valence-corrected chi connectivity index (χ0v) is 16.9. The van der Waals surface area contributed by atoms with Crippen molar-refractivity contribution in [2.45, 2.75) is 40.5 Å². The summed E-state index contributed by atoms with van der Waals surface area (Å²) in [5, 5.41) is 8.16. The third kappa shape index (κ3) is 4.52. The van der Waals surface area contributed by atoms with Crippen molar-refractivity contribution in [3.8, 4) is 0 Å². The minimum atomic E-state index is -0.0159. The Kier molecular flexibility index (Phi) is 5.86. The van der Waals surface area contributed by atoms with Crippen LogP contribution in [0.15, 0.2) is 41.5 Å². The number of nitrogens with zero attached hydrogens (tertiary/aromatic N) is 2. The number of benzene rings is 2. The Morgan fingerprint density at radius 2 is 1.96 bits per heavy atom. The third-order valence-corrected chi connectivity index (χ3v) is 5.54.